The van der Waals surface area contributed by atoms with Crippen LogP contribution in [-0.4, -0.2) is 29.8 Å². The first-order valence-electron chi connectivity index (χ1n) is 6.45. The van der Waals surface area contributed by atoms with Gasteiger partial charge < -0.3 is 10.1 Å². The monoisotopic (exact) mass is 249 g/mol. The summed E-state index contributed by atoms with van der Waals surface area (Å²) in [6, 6.07) is 3.39. The van der Waals surface area contributed by atoms with Crippen molar-refractivity contribution in [3.63, 3.8) is 0 Å². The number of anilines is 1. The summed E-state index contributed by atoms with van der Waals surface area (Å²) >= 11 is 0. The van der Waals surface area contributed by atoms with Crippen molar-refractivity contribution in [2.24, 2.45) is 5.92 Å². The third kappa shape index (κ3) is 3.42. The molecule has 1 heterocycles. The minimum atomic E-state index is -0.457. The lowest BCUT2D eigenvalue weighted by Gasteiger charge is -2.21. The molecule has 0 saturated heterocycles. The van der Waals surface area contributed by atoms with E-state index in [1.165, 1.54) is 39.2 Å². The Balaban J connectivity index is 1.84. The van der Waals surface area contributed by atoms with E-state index in [2.05, 4.69) is 20.3 Å². The highest BCUT2D eigenvalue weighted by Gasteiger charge is 2.13. The van der Waals surface area contributed by atoms with Gasteiger partial charge in [-0.05, 0) is 30.9 Å². The van der Waals surface area contributed by atoms with Crippen molar-refractivity contribution in [2.75, 3.05) is 19.0 Å². The predicted octanol–water partition coefficient (Wildman–Crippen LogP) is 2.26. The van der Waals surface area contributed by atoms with Crippen LogP contribution in [0.4, 0.5) is 5.82 Å². The normalized spacial score (nSPS) is 16.3. The summed E-state index contributed by atoms with van der Waals surface area (Å²) in [6.45, 7) is 0.937. The number of hydrogen-bond donors (Lipinski definition) is 1. The quantitative estimate of drug-likeness (QED) is 0.829. The molecule has 1 aliphatic carbocycles. The zero-order valence-electron chi connectivity index (χ0n) is 10.7. The van der Waals surface area contributed by atoms with Gasteiger partial charge in [-0.1, -0.05) is 19.3 Å². The number of methoxy groups -OCH3 is 1. The van der Waals surface area contributed by atoms with Crippen molar-refractivity contribution in [1.82, 2.24) is 10.2 Å². The molecule has 1 saturated carbocycles. The van der Waals surface area contributed by atoms with E-state index >= 15 is 0 Å². The van der Waals surface area contributed by atoms with E-state index in [4.69, 9.17) is 0 Å². The Kier molecular flexibility index (Phi) is 4.50. The average molecular weight is 249 g/mol. The lowest BCUT2D eigenvalue weighted by atomic mass is 9.89. The molecule has 0 spiro atoms. The molecule has 1 aromatic rings. The number of nitrogens with zero attached hydrogens (tertiary/aromatic N) is 2. The van der Waals surface area contributed by atoms with Gasteiger partial charge in [-0.2, -0.15) is 0 Å². The van der Waals surface area contributed by atoms with Crippen LogP contribution in [0.2, 0.25) is 0 Å². The molecule has 2 rings (SSSR count). The van der Waals surface area contributed by atoms with Crippen molar-refractivity contribution in [2.45, 2.75) is 32.1 Å². The number of aromatic nitrogens is 2. The average Bonchev–Trinajstić information content (AvgIpc) is 2.46. The van der Waals surface area contributed by atoms with Crippen molar-refractivity contribution in [3.8, 4) is 0 Å². The fourth-order valence-electron chi connectivity index (χ4n) is 2.28. The van der Waals surface area contributed by atoms with Crippen LogP contribution >= 0.6 is 0 Å². The molecule has 98 valence electrons. The lowest BCUT2D eigenvalue weighted by Crippen LogP contribution is -2.18. The van der Waals surface area contributed by atoms with Gasteiger partial charge in [0.2, 0.25) is 0 Å². The molecule has 0 bridgehead atoms. The fourth-order valence-corrected chi connectivity index (χ4v) is 2.28. The van der Waals surface area contributed by atoms with Crippen LogP contribution in [0, 0.1) is 5.92 Å². The summed E-state index contributed by atoms with van der Waals surface area (Å²) < 4.78 is 4.57. The zero-order valence-corrected chi connectivity index (χ0v) is 10.7. The largest absolute Gasteiger partial charge is 0.464 e. The number of ether oxygens (including phenoxy) is 1. The van der Waals surface area contributed by atoms with Crippen LogP contribution in [-0.2, 0) is 4.74 Å². The molecule has 1 aliphatic rings. The van der Waals surface area contributed by atoms with Gasteiger partial charge in [0.15, 0.2) is 5.69 Å². The number of carbonyl (C=O) groups excluding carboxylic acids is 1. The Hall–Kier alpha value is -1.65. The van der Waals surface area contributed by atoms with Gasteiger partial charge in [0.05, 0.1) is 7.11 Å². The summed E-state index contributed by atoms with van der Waals surface area (Å²) in [4.78, 5) is 11.2. The third-order valence-electron chi connectivity index (χ3n) is 3.36. The molecule has 1 fully saturated rings. The summed E-state index contributed by atoms with van der Waals surface area (Å²) in [7, 11) is 1.33. The summed E-state index contributed by atoms with van der Waals surface area (Å²) in [6.07, 6.45) is 6.62. The number of rotatable bonds is 4. The molecular formula is C13H19N3O2. The molecule has 5 heteroatoms. The molecule has 0 radical (unpaired) electrons. The van der Waals surface area contributed by atoms with E-state index in [1.807, 2.05) is 0 Å². The maximum atomic E-state index is 11.2. The molecule has 18 heavy (non-hydrogen) atoms. The van der Waals surface area contributed by atoms with Gasteiger partial charge in [-0.25, -0.2) is 4.79 Å². The van der Waals surface area contributed by atoms with E-state index in [9.17, 15) is 4.79 Å². The van der Waals surface area contributed by atoms with E-state index < -0.39 is 5.97 Å². The molecule has 1 aromatic heterocycles. The van der Waals surface area contributed by atoms with Gasteiger partial charge in [-0.3, -0.25) is 0 Å². The van der Waals surface area contributed by atoms with Crippen molar-refractivity contribution in [1.29, 1.82) is 0 Å². The van der Waals surface area contributed by atoms with Gasteiger partial charge in [0.1, 0.15) is 5.82 Å². The van der Waals surface area contributed by atoms with Gasteiger partial charge >= 0.3 is 5.97 Å². The zero-order chi connectivity index (χ0) is 12.8. The Labute approximate surface area is 107 Å². The topological polar surface area (TPSA) is 64.1 Å². The highest BCUT2D eigenvalue weighted by Crippen LogP contribution is 2.23. The van der Waals surface area contributed by atoms with Gasteiger partial charge in [0, 0.05) is 6.54 Å². The Morgan fingerprint density at radius 2 is 2.11 bits per heavy atom. The minimum absolute atomic E-state index is 0.237. The number of nitrogens with one attached hydrogen (secondary N) is 1. The molecule has 0 unspecified atom stereocenters. The standard InChI is InChI=1S/C13H19N3O2/c1-18-13(17)11-7-8-12(16-15-11)14-9-10-5-3-2-4-6-10/h7-8,10H,2-6,9H2,1H3,(H,14,16). The SMILES string of the molecule is COC(=O)c1ccc(NCC2CCCCC2)nn1. The highest BCUT2D eigenvalue weighted by atomic mass is 16.5. The van der Waals surface area contributed by atoms with Crippen molar-refractivity contribution in [3.05, 3.63) is 17.8 Å². The summed E-state index contributed by atoms with van der Waals surface area (Å²) in [5.74, 6) is 0.996. The van der Waals surface area contributed by atoms with E-state index in [0.29, 0.717) is 5.82 Å². The van der Waals surface area contributed by atoms with Crippen LogP contribution in [0.25, 0.3) is 0 Å². The molecular weight excluding hydrogens is 230 g/mol. The van der Waals surface area contributed by atoms with Crippen LogP contribution in [0.1, 0.15) is 42.6 Å². The first-order chi connectivity index (χ1) is 8.79. The number of esters is 1. The first kappa shape index (κ1) is 12.8. The number of carbonyl (C=O) groups is 1. The second-order valence-corrected chi connectivity index (χ2v) is 4.68. The molecule has 0 atom stereocenters. The predicted molar refractivity (Wildman–Crippen MR) is 68.4 cm³/mol. The van der Waals surface area contributed by atoms with Crippen LogP contribution in [0.15, 0.2) is 12.1 Å². The fraction of sp³-hybridized carbons (Fsp3) is 0.615. The second-order valence-electron chi connectivity index (χ2n) is 4.68. The summed E-state index contributed by atoms with van der Waals surface area (Å²) in [5, 5.41) is 11.1. The second kappa shape index (κ2) is 6.33. The van der Waals surface area contributed by atoms with Crippen molar-refractivity contribution >= 4 is 11.8 Å². The Bertz CT molecular complexity index is 386. The molecule has 1 N–H and O–H groups in total. The van der Waals surface area contributed by atoms with Crippen LogP contribution in [0.3, 0.4) is 0 Å². The maximum Gasteiger partial charge on any atom is 0.358 e. The first-order valence-corrected chi connectivity index (χ1v) is 6.45. The van der Waals surface area contributed by atoms with Crippen LogP contribution in [0.5, 0.6) is 0 Å². The summed E-state index contributed by atoms with van der Waals surface area (Å²) in [5.41, 5.74) is 0.237. The van der Waals surface area contributed by atoms with E-state index in [0.717, 1.165) is 12.5 Å². The maximum absolute atomic E-state index is 11.2. The van der Waals surface area contributed by atoms with E-state index in [1.54, 1.807) is 12.1 Å². The highest BCUT2D eigenvalue weighted by molar-refractivity contribution is 5.86. The Morgan fingerprint density at radius 3 is 2.72 bits per heavy atom. The van der Waals surface area contributed by atoms with Crippen LogP contribution < -0.4 is 5.32 Å². The molecule has 0 aromatic carbocycles. The third-order valence-corrected chi connectivity index (χ3v) is 3.36. The van der Waals surface area contributed by atoms with Gasteiger partial charge in [-0.15, -0.1) is 10.2 Å². The smallest absolute Gasteiger partial charge is 0.358 e. The lowest BCUT2D eigenvalue weighted by molar-refractivity contribution is 0.0593. The Morgan fingerprint density at radius 1 is 1.33 bits per heavy atom. The molecule has 0 aliphatic heterocycles. The van der Waals surface area contributed by atoms with Crippen molar-refractivity contribution < 1.29 is 9.53 Å². The molecule has 0 amide bonds. The van der Waals surface area contributed by atoms with E-state index in [-0.39, 0.29) is 5.69 Å². The number of hydrogen-bond acceptors (Lipinski definition) is 5. The molecule has 5 nitrogen and oxygen atoms in total. The minimum Gasteiger partial charge on any atom is -0.464 e. The van der Waals surface area contributed by atoms with Gasteiger partial charge in [0.25, 0.3) is 0 Å².